The van der Waals surface area contributed by atoms with E-state index in [1.807, 2.05) is 13.2 Å². The summed E-state index contributed by atoms with van der Waals surface area (Å²) in [5.41, 5.74) is 1.26. The van der Waals surface area contributed by atoms with Crippen LogP contribution in [0.25, 0.3) is 0 Å². The van der Waals surface area contributed by atoms with Crippen molar-refractivity contribution < 1.29 is 0 Å². The van der Waals surface area contributed by atoms with Crippen LogP contribution in [-0.2, 0) is 12.5 Å². The zero-order valence-corrected chi connectivity index (χ0v) is 8.33. The van der Waals surface area contributed by atoms with Gasteiger partial charge in [0.2, 0.25) is 0 Å². The fraction of sp³-hybridized carbons (Fsp3) is 0.778. The molecule has 68 valence electrons. The molecule has 0 unspecified atom stereocenters. The summed E-state index contributed by atoms with van der Waals surface area (Å²) < 4.78 is 1.76. The Balaban J connectivity index is 2.81. The van der Waals surface area contributed by atoms with Crippen LogP contribution in [0.15, 0.2) is 6.20 Å². The fourth-order valence-corrected chi connectivity index (χ4v) is 1.41. The molecule has 0 atom stereocenters. The maximum absolute atomic E-state index is 4.12. The van der Waals surface area contributed by atoms with Crippen LogP contribution in [0.1, 0.15) is 39.3 Å². The molecule has 0 aliphatic carbocycles. The summed E-state index contributed by atoms with van der Waals surface area (Å²) in [5.74, 6) is 0. The lowest BCUT2D eigenvalue weighted by Gasteiger charge is -2.20. The Morgan fingerprint density at radius 2 is 2.17 bits per heavy atom. The van der Waals surface area contributed by atoms with Crippen molar-refractivity contribution in [3.8, 4) is 0 Å². The normalized spacial score (nSPS) is 12.0. The Hall–Kier alpha value is -0.860. The van der Waals surface area contributed by atoms with Crippen molar-refractivity contribution in [3.63, 3.8) is 0 Å². The first-order valence-electron chi connectivity index (χ1n) is 4.43. The van der Waals surface area contributed by atoms with Gasteiger partial charge in [0, 0.05) is 18.7 Å². The van der Waals surface area contributed by atoms with Crippen molar-refractivity contribution in [3.05, 3.63) is 11.9 Å². The van der Waals surface area contributed by atoms with E-state index in [9.17, 15) is 0 Å². The molecule has 0 aliphatic rings. The molecule has 0 radical (unpaired) electrons. The molecule has 3 heteroatoms. The third-order valence-electron chi connectivity index (χ3n) is 2.17. The van der Waals surface area contributed by atoms with Gasteiger partial charge in [-0.1, -0.05) is 32.4 Å². The Kier molecular flexibility index (Phi) is 2.50. The van der Waals surface area contributed by atoms with Crippen LogP contribution in [0.3, 0.4) is 0 Å². The van der Waals surface area contributed by atoms with Crippen molar-refractivity contribution in [1.29, 1.82) is 0 Å². The molecule has 0 N–H and O–H groups in total. The Labute approximate surface area is 73.8 Å². The van der Waals surface area contributed by atoms with E-state index in [1.165, 1.54) is 6.42 Å². The molecule has 0 spiro atoms. The number of hydrogen-bond donors (Lipinski definition) is 0. The predicted octanol–water partition coefficient (Wildman–Crippen LogP) is 1.89. The SMILES string of the molecule is CCCC(C)(C)c1cn(C)nn1. The fourth-order valence-electron chi connectivity index (χ4n) is 1.41. The molecule has 0 bridgehead atoms. The van der Waals surface area contributed by atoms with Crippen molar-refractivity contribution in [2.75, 3.05) is 0 Å². The monoisotopic (exact) mass is 167 g/mol. The van der Waals surface area contributed by atoms with Gasteiger partial charge in [-0.25, -0.2) is 0 Å². The highest BCUT2D eigenvalue weighted by molar-refractivity contribution is 5.07. The summed E-state index contributed by atoms with van der Waals surface area (Å²) >= 11 is 0. The van der Waals surface area contributed by atoms with Gasteiger partial charge in [0.15, 0.2) is 0 Å². The molecule has 3 nitrogen and oxygen atoms in total. The maximum Gasteiger partial charge on any atom is 0.0883 e. The van der Waals surface area contributed by atoms with Gasteiger partial charge in [-0.05, 0) is 6.42 Å². The molecule has 0 aromatic carbocycles. The lowest BCUT2D eigenvalue weighted by atomic mass is 9.85. The van der Waals surface area contributed by atoms with Gasteiger partial charge in [-0.2, -0.15) is 0 Å². The van der Waals surface area contributed by atoms with Crippen molar-refractivity contribution >= 4 is 0 Å². The van der Waals surface area contributed by atoms with Crippen LogP contribution in [-0.4, -0.2) is 15.0 Å². The Morgan fingerprint density at radius 1 is 1.50 bits per heavy atom. The van der Waals surface area contributed by atoms with E-state index in [1.54, 1.807) is 4.68 Å². The summed E-state index contributed by atoms with van der Waals surface area (Å²) in [6.07, 6.45) is 4.34. The van der Waals surface area contributed by atoms with Crippen molar-refractivity contribution in [2.24, 2.45) is 7.05 Å². The van der Waals surface area contributed by atoms with Gasteiger partial charge in [-0.3, -0.25) is 4.68 Å². The molecule has 1 aromatic heterocycles. The molecular formula is C9H17N3. The molecule has 1 rings (SSSR count). The first-order valence-corrected chi connectivity index (χ1v) is 4.43. The minimum Gasteiger partial charge on any atom is -0.255 e. The Bertz CT molecular complexity index is 250. The summed E-state index contributed by atoms with van der Waals surface area (Å²) in [6.45, 7) is 6.61. The standard InChI is InChI=1S/C9H17N3/c1-5-6-9(2,3)8-7-12(4)11-10-8/h7H,5-6H2,1-4H3. The first-order chi connectivity index (χ1) is 5.56. The van der Waals surface area contributed by atoms with Crippen LogP contribution in [0, 0.1) is 0 Å². The Morgan fingerprint density at radius 3 is 2.58 bits per heavy atom. The van der Waals surface area contributed by atoms with E-state index in [2.05, 4.69) is 31.1 Å². The van der Waals surface area contributed by atoms with Crippen LogP contribution in [0.4, 0.5) is 0 Å². The average Bonchev–Trinajstić information content (AvgIpc) is 2.36. The number of rotatable bonds is 3. The lowest BCUT2D eigenvalue weighted by Crippen LogP contribution is -2.17. The third kappa shape index (κ3) is 1.84. The lowest BCUT2D eigenvalue weighted by molar-refractivity contribution is 0.458. The molecule has 1 heterocycles. The van der Waals surface area contributed by atoms with Gasteiger partial charge in [-0.15, -0.1) is 5.10 Å². The first kappa shape index (κ1) is 9.23. The highest BCUT2D eigenvalue weighted by atomic mass is 15.4. The van der Waals surface area contributed by atoms with Gasteiger partial charge < -0.3 is 0 Å². The highest BCUT2D eigenvalue weighted by Gasteiger charge is 2.22. The zero-order chi connectivity index (χ0) is 9.19. The second-order valence-electron chi connectivity index (χ2n) is 3.91. The molecule has 0 aliphatic heterocycles. The minimum absolute atomic E-state index is 0.170. The van der Waals surface area contributed by atoms with E-state index in [4.69, 9.17) is 0 Å². The number of hydrogen-bond acceptors (Lipinski definition) is 2. The largest absolute Gasteiger partial charge is 0.255 e. The molecule has 12 heavy (non-hydrogen) atoms. The summed E-state index contributed by atoms with van der Waals surface area (Å²) in [4.78, 5) is 0. The van der Waals surface area contributed by atoms with Crippen LogP contribution in [0.5, 0.6) is 0 Å². The van der Waals surface area contributed by atoms with Gasteiger partial charge in [0.05, 0.1) is 5.69 Å². The van der Waals surface area contributed by atoms with Crippen molar-refractivity contribution in [2.45, 2.75) is 39.0 Å². The topological polar surface area (TPSA) is 30.7 Å². The van der Waals surface area contributed by atoms with Gasteiger partial charge >= 0.3 is 0 Å². The molecular weight excluding hydrogens is 150 g/mol. The van der Waals surface area contributed by atoms with Crippen LogP contribution in [0.2, 0.25) is 0 Å². The summed E-state index contributed by atoms with van der Waals surface area (Å²) in [5, 5.41) is 8.05. The quantitative estimate of drug-likeness (QED) is 0.688. The minimum atomic E-state index is 0.170. The highest BCUT2D eigenvalue weighted by Crippen LogP contribution is 2.25. The van der Waals surface area contributed by atoms with Gasteiger partial charge in [0.25, 0.3) is 0 Å². The summed E-state index contributed by atoms with van der Waals surface area (Å²) in [6, 6.07) is 0. The van der Waals surface area contributed by atoms with Crippen LogP contribution < -0.4 is 0 Å². The summed E-state index contributed by atoms with van der Waals surface area (Å²) in [7, 11) is 1.90. The molecule has 1 aromatic rings. The molecule has 0 fully saturated rings. The predicted molar refractivity (Wildman–Crippen MR) is 48.9 cm³/mol. The van der Waals surface area contributed by atoms with E-state index in [0.717, 1.165) is 12.1 Å². The number of aromatic nitrogens is 3. The van der Waals surface area contributed by atoms with Crippen LogP contribution >= 0.6 is 0 Å². The van der Waals surface area contributed by atoms with E-state index < -0.39 is 0 Å². The van der Waals surface area contributed by atoms with E-state index in [-0.39, 0.29) is 5.41 Å². The van der Waals surface area contributed by atoms with Gasteiger partial charge in [0.1, 0.15) is 0 Å². The van der Waals surface area contributed by atoms with E-state index >= 15 is 0 Å². The molecule has 0 saturated carbocycles. The second-order valence-corrected chi connectivity index (χ2v) is 3.91. The van der Waals surface area contributed by atoms with Crippen molar-refractivity contribution in [1.82, 2.24) is 15.0 Å². The average molecular weight is 167 g/mol. The number of aryl methyl sites for hydroxylation is 1. The molecule has 0 amide bonds. The smallest absolute Gasteiger partial charge is 0.0883 e. The second kappa shape index (κ2) is 3.25. The third-order valence-corrected chi connectivity index (χ3v) is 2.17. The zero-order valence-electron chi connectivity index (χ0n) is 8.33. The molecule has 0 saturated heterocycles. The van der Waals surface area contributed by atoms with E-state index in [0.29, 0.717) is 0 Å². The maximum atomic E-state index is 4.12. The number of nitrogens with zero attached hydrogens (tertiary/aromatic N) is 3.